The van der Waals surface area contributed by atoms with Crippen molar-refractivity contribution in [2.45, 2.75) is 18.4 Å². The highest BCUT2D eigenvalue weighted by molar-refractivity contribution is 5.78. The van der Waals surface area contributed by atoms with Gasteiger partial charge in [0.1, 0.15) is 5.54 Å². The number of aliphatic carboxylic acids is 1. The van der Waals surface area contributed by atoms with Gasteiger partial charge in [-0.2, -0.15) is 0 Å². The fourth-order valence-corrected chi connectivity index (χ4v) is 0.714. The van der Waals surface area contributed by atoms with Crippen LogP contribution in [0, 0.1) is 0 Å². The lowest BCUT2D eigenvalue weighted by Gasteiger charge is -2.21. The smallest absolute Gasteiger partial charge is 0.324 e. The second-order valence-corrected chi connectivity index (χ2v) is 2.56. The molecule has 0 aliphatic rings. The van der Waals surface area contributed by atoms with Gasteiger partial charge in [-0.05, 0) is 19.4 Å². The molecule has 0 spiro atoms. The van der Waals surface area contributed by atoms with E-state index in [2.05, 4.69) is 0 Å². The maximum absolute atomic E-state index is 10.5. The number of nitrogens with two attached hydrogens (primary N) is 3. The van der Waals surface area contributed by atoms with Crippen molar-refractivity contribution >= 4 is 5.97 Å². The van der Waals surface area contributed by atoms with E-state index in [9.17, 15) is 4.79 Å². The molecule has 66 valence electrons. The van der Waals surface area contributed by atoms with Crippen molar-refractivity contribution in [2.24, 2.45) is 17.2 Å². The van der Waals surface area contributed by atoms with E-state index in [1.165, 1.54) is 0 Å². The highest BCUT2D eigenvalue weighted by Gasteiger charge is 2.31. The van der Waals surface area contributed by atoms with Crippen LogP contribution in [0.1, 0.15) is 12.8 Å². The molecule has 0 radical (unpaired) electrons. The van der Waals surface area contributed by atoms with Crippen LogP contribution in [0.2, 0.25) is 0 Å². The van der Waals surface area contributed by atoms with Crippen molar-refractivity contribution in [3.05, 3.63) is 0 Å². The number of carboxylic acid groups (broad SMARTS) is 1. The van der Waals surface area contributed by atoms with Crippen LogP contribution in [0.25, 0.3) is 0 Å². The van der Waals surface area contributed by atoms with Gasteiger partial charge < -0.3 is 22.3 Å². The van der Waals surface area contributed by atoms with Gasteiger partial charge in [0.25, 0.3) is 0 Å². The maximum atomic E-state index is 10.5. The molecule has 1 unspecified atom stereocenters. The van der Waals surface area contributed by atoms with Crippen molar-refractivity contribution in [1.29, 1.82) is 0 Å². The van der Waals surface area contributed by atoms with Crippen molar-refractivity contribution in [3.8, 4) is 0 Å². The summed E-state index contributed by atoms with van der Waals surface area (Å²) in [5.74, 6) is -1.06. The number of hydrogen-bond acceptors (Lipinski definition) is 4. The van der Waals surface area contributed by atoms with E-state index in [0.29, 0.717) is 19.4 Å². The Hall–Kier alpha value is -0.650. The second kappa shape index (κ2) is 4.27. The number of carbonyl (C=O) groups is 1. The largest absolute Gasteiger partial charge is 0.480 e. The van der Waals surface area contributed by atoms with Crippen molar-refractivity contribution in [1.82, 2.24) is 0 Å². The van der Waals surface area contributed by atoms with Crippen LogP contribution in [-0.2, 0) is 4.79 Å². The summed E-state index contributed by atoms with van der Waals surface area (Å²) in [6.45, 7) is 0.383. The van der Waals surface area contributed by atoms with Gasteiger partial charge in [0.05, 0.1) is 0 Å². The van der Waals surface area contributed by atoms with Gasteiger partial charge in [0, 0.05) is 6.54 Å². The molecule has 0 saturated heterocycles. The Morgan fingerprint density at radius 1 is 1.45 bits per heavy atom. The van der Waals surface area contributed by atoms with Crippen molar-refractivity contribution in [2.75, 3.05) is 13.1 Å². The highest BCUT2D eigenvalue weighted by atomic mass is 16.4. The predicted octanol–water partition coefficient (Wildman–Crippen LogP) is -1.53. The molecule has 7 N–H and O–H groups in total. The molecule has 0 rings (SSSR count). The Bertz CT molecular complexity index is 140. The number of carboxylic acids is 1. The van der Waals surface area contributed by atoms with Crippen LogP contribution in [0.3, 0.4) is 0 Å². The quantitative estimate of drug-likeness (QED) is 0.390. The first-order valence-corrected chi connectivity index (χ1v) is 3.49. The van der Waals surface area contributed by atoms with E-state index in [0.717, 1.165) is 0 Å². The van der Waals surface area contributed by atoms with Gasteiger partial charge in [-0.25, -0.2) is 0 Å². The van der Waals surface area contributed by atoms with Crippen LogP contribution in [0.5, 0.6) is 0 Å². The molecule has 11 heavy (non-hydrogen) atoms. The standard InChI is InChI=1S/C6H15N3O2/c7-3-1-2-6(9,4-8)5(10)11/h1-4,7-9H2,(H,10,11). The zero-order chi connectivity index (χ0) is 8.91. The highest BCUT2D eigenvalue weighted by Crippen LogP contribution is 2.06. The van der Waals surface area contributed by atoms with Gasteiger partial charge >= 0.3 is 5.97 Å². The van der Waals surface area contributed by atoms with Gasteiger partial charge in [-0.15, -0.1) is 0 Å². The summed E-state index contributed by atoms with van der Waals surface area (Å²) < 4.78 is 0. The van der Waals surface area contributed by atoms with E-state index in [-0.39, 0.29) is 6.54 Å². The average Bonchev–Trinajstić information content (AvgIpc) is 2.00. The fraction of sp³-hybridized carbons (Fsp3) is 0.833. The minimum Gasteiger partial charge on any atom is -0.480 e. The van der Waals surface area contributed by atoms with E-state index < -0.39 is 11.5 Å². The topological polar surface area (TPSA) is 115 Å². The average molecular weight is 161 g/mol. The molecule has 0 bridgehead atoms. The summed E-state index contributed by atoms with van der Waals surface area (Å²) in [6.07, 6.45) is 0.912. The zero-order valence-corrected chi connectivity index (χ0v) is 6.42. The number of hydrogen-bond donors (Lipinski definition) is 4. The molecule has 1 atom stereocenters. The summed E-state index contributed by atoms with van der Waals surface area (Å²) in [7, 11) is 0. The first-order valence-electron chi connectivity index (χ1n) is 3.49. The summed E-state index contributed by atoms with van der Waals surface area (Å²) in [6, 6.07) is 0. The molecule has 0 aromatic rings. The summed E-state index contributed by atoms with van der Waals surface area (Å²) in [4.78, 5) is 10.5. The van der Waals surface area contributed by atoms with Gasteiger partial charge in [0.15, 0.2) is 0 Å². The summed E-state index contributed by atoms with van der Waals surface area (Å²) in [5.41, 5.74) is 14.6. The van der Waals surface area contributed by atoms with E-state index in [1.807, 2.05) is 0 Å². The maximum Gasteiger partial charge on any atom is 0.324 e. The molecule has 0 amide bonds. The zero-order valence-electron chi connectivity index (χ0n) is 6.42. The first-order chi connectivity index (χ1) is 5.06. The minimum atomic E-state index is -1.29. The third-order valence-corrected chi connectivity index (χ3v) is 1.62. The van der Waals surface area contributed by atoms with E-state index >= 15 is 0 Å². The van der Waals surface area contributed by atoms with Crippen LogP contribution in [0.4, 0.5) is 0 Å². The lowest BCUT2D eigenvalue weighted by atomic mass is 9.95. The Balaban J connectivity index is 3.99. The third kappa shape index (κ3) is 2.83. The van der Waals surface area contributed by atoms with Crippen molar-refractivity contribution in [3.63, 3.8) is 0 Å². The molecule has 0 saturated carbocycles. The lowest BCUT2D eigenvalue weighted by Crippen LogP contribution is -2.54. The predicted molar refractivity (Wildman–Crippen MR) is 41.9 cm³/mol. The molecule has 5 heteroatoms. The molecular weight excluding hydrogens is 146 g/mol. The van der Waals surface area contributed by atoms with E-state index in [4.69, 9.17) is 22.3 Å². The summed E-state index contributed by atoms with van der Waals surface area (Å²) >= 11 is 0. The van der Waals surface area contributed by atoms with Gasteiger partial charge in [0.2, 0.25) is 0 Å². The SMILES string of the molecule is NCCCC(N)(CN)C(=O)O. The monoisotopic (exact) mass is 161 g/mol. The Labute approximate surface area is 65.5 Å². The molecule has 0 aromatic heterocycles. The number of rotatable bonds is 5. The minimum absolute atomic E-state index is 0.0532. The molecular formula is C6H15N3O2. The third-order valence-electron chi connectivity index (χ3n) is 1.62. The van der Waals surface area contributed by atoms with Gasteiger partial charge in [-0.3, -0.25) is 4.79 Å². The Kier molecular flexibility index (Phi) is 4.02. The molecule has 0 aliphatic heterocycles. The summed E-state index contributed by atoms with van der Waals surface area (Å²) in [5, 5.41) is 8.61. The fourth-order valence-electron chi connectivity index (χ4n) is 0.714. The lowest BCUT2D eigenvalue weighted by molar-refractivity contribution is -0.143. The normalized spacial score (nSPS) is 15.9. The Morgan fingerprint density at radius 2 is 2.00 bits per heavy atom. The molecule has 0 aliphatic carbocycles. The van der Waals surface area contributed by atoms with E-state index in [1.54, 1.807) is 0 Å². The Morgan fingerprint density at radius 3 is 2.27 bits per heavy atom. The molecule has 0 heterocycles. The second-order valence-electron chi connectivity index (χ2n) is 2.56. The molecule has 0 fully saturated rings. The van der Waals surface area contributed by atoms with Gasteiger partial charge in [-0.1, -0.05) is 0 Å². The van der Waals surface area contributed by atoms with Crippen molar-refractivity contribution < 1.29 is 9.90 Å². The van der Waals surface area contributed by atoms with Crippen LogP contribution >= 0.6 is 0 Å². The molecule has 5 nitrogen and oxygen atoms in total. The van der Waals surface area contributed by atoms with Crippen LogP contribution in [-0.4, -0.2) is 29.7 Å². The van der Waals surface area contributed by atoms with Crippen LogP contribution < -0.4 is 17.2 Å². The molecule has 0 aromatic carbocycles. The van der Waals surface area contributed by atoms with Crippen LogP contribution in [0.15, 0.2) is 0 Å². The first kappa shape index (κ1) is 10.3.